The molecule has 1 N–H and O–H groups in total. The summed E-state index contributed by atoms with van der Waals surface area (Å²) in [5, 5.41) is 3.29. The molecule has 1 aromatic rings. The average molecular weight is 364 g/mol. The molecule has 1 fully saturated rings. The second-order valence-electron chi connectivity index (χ2n) is 4.77. The molecule has 6 heteroatoms. The number of rotatable bonds is 3. The van der Waals surface area contributed by atoms with Crippen LogP contribution >= 0.6 is 28.3 Å². The summed E-state index contributed by atoms with van der Waals surface area (Å²) in [7, 11) is 1.63. The molecule has 2 rings (SSSR count). The summed E-state index contributed by atoms with van der Waals surface area (Å²) >= 11 is 3.43. The lowest BCUT2D eigenvalue weighted by Crippen LogP contribution is -2.52. The van der Waals surface area contributed by atoms with Crippen molar-refractivity contribution in [2.45, 2.75) is 19.4 Å². The molecule has 0 spiro atoms. The molecule has 20 heavy (non-hydrogen) atoms. The maximum Gasteiger partial charge on any atom is 0.227 e. The van der Waals surface area contributed by atoms with E-state index in [1.165, 1.54) is 0 Å². The summed E-state index contributed by atoms with van der Waals surface area (Å²) in [5.74, 6) is 0.921. The summed E-state index contributed by atoms with van der Waals surface area (Å²) in [5.41, 5.74) is 0.924. The highest BCUT2D eigenvalue weighted by molar-refractivity contribution is 9.10. The van der Waals surface area contributed by atoms with E-state index in [1.807, 2.05) is 23.1 Å². The van der Waals surface area contributed by atoms with Gasteiger partial charge in [-0.3, -0.25) is 4.79 Å². The Labute approximate surface area is 134 Å². The summed E-state index contributed by atoms with van der Waals surface area (Å²) in [6.45, 7) is 4.57. The van der Waals surface area contributed by atoms with Gasteiger partial charge in [0.25, 0.3) is 0 Å². The van der Waals surface area contributed by atoms with Crippen molar-refractivity contribution in [3.8, 4) is 5.75 Å². The van der Waals surface area contributed by atoms with Crippen LogP contribution in [0.1, 0.15) is 12.5 Å². The summed E-state index contributed by atoms with van der Waals surface area (Å²) < 4.78 is 6.27. The lowest BCUT2D eigenvalue weighted by Gasteiger charge is -2.34. The van der Waals surface area contributed by atoms with E-state index < -0.39 is 0 Å². The van der Waals surface area contributed by atoms with Crippen molar-refractivity contribution in [2.24, 2.45) is 0 Å². The van der Waals surface area contributed by atoms with E-state index in [1.54, 1.807) is 7.11 Å². The normalized spacial score (nSPS) is 18.4. The molecule has 1 amide bonds. The van der Waals surface area contributed by atoms with Crippen molar-refractivity contribution in [3.63, 3.8) is 0 Å². The molecular weight excluding hydrogens is 344 g/mol. The number of halogens is 2. The number of hydrogen-bond acceptors (Lipinski definition) is 3. The van der Waals surface area contributed by atoms with E-state index >= 15 is 0 Å². The van der Waals surface area contributed by atoms with E-state index in [9.17, 15) is 4.79 Å². The summed E-state index contributed by atoms with van der Waals surface area (Å²) in [6, 6.07) is 6.00. The fraction of sp³-hybridized carbons (Fsp3) is 0.500. The maximum absolute atomic E-state index is 12.4. The van der Waals surface area contributed by atoms with Gasteiger partial charge in [-0.2, -0.15) is 0 Å². The van der Waals surface area contributed by atoms with Gasteiger partial charge < -0.3 is 15.0 Å². The van der Waals surface area contributed by atoms with Crippen LogP contribution in [0.5, 0.6) is 5.75 Å². The first-order valence-corrected chi connectivity index (χ1v) is 7.23. The predicted octanol–water partition coefficient (Wildman–Crippen LogP) is 2.24. The van der Waals surface area contributed by atoms with Gasteiger partial charge in [-0.05, 0) is 25.1 Å². The number of carbonyl (C=O) groups is 1. The minimum Gasteiger partial charge on any atom is -0.496 e. The molecular formula is C14H20BrClN2O2. The molecule has 1 heterocycles. The van der Waals surface area contributed by atoms with Gasteiger partial charge in [0.2, 0.25) is 5.91 Å². The van der Waals surface area contributed by atoms with E-state index in [-0.39, 0.29) is 24.4 Å². The Morgan fingerprint density at radius 3 is 2.95 bits per heavy atom. The third kappa shape index (κ3) is 4.11. The lowest BCUT2D eigenvalue weighted by atomic mass is 10.1. The van der Waals surface area contributed by atoms with Gasteiger partial charge in [0, 0.05) is 35.7 Å². The minimum absolute atomic E-state index is 0. The van der Waals surface area contributed by atoms with Gasteiger partial charge in [0.15, 0.2) is 0 Å². The zero-order chi connectivity index (χ0) is 13.8. The highest BCUT2D eigenvalue weighted by atomic mass is 79.9. The van der Waals surface area contributed by atoms with Crippen LogP contribution in [-0.2, 0) is 11.2 Å². The second kappa shape index (κ2) is 7.86. The van der Waals surface area contributed by atoms with Crippen LogP contribution in [0.2, 0.25) is 0 Å². The van der Waals surface area contributed by atoms with Crippen LogP contribution in [-0.4, -0.2) is 43.6 Å². The quantitative estimate of drug-likeness (QED) is 0.895. The SMILES string of the molecule is COc1ccc(Br)cc1CC(=O)N1CCNC[C@@H]1C.Cl. The van der Waals surface area contributed by atoms with Crippen LogP contribution in [0, 0.1) is 0 Å². The number of methoxy groups -OCH3 is 1. The molecule has 0 saturated carbocycles. The van der Waals surface area contributed by atoms with Crippen LogP contribution < -0.4 is 10.1 Å². The van der Waals surface area contributed by atoms with E-state index in [2.05, 4.69) is 28.2 Å². The topological polar surface area (TPSA) is 41.6 Å². The molecule has 0 unspecified atom stereocenters. The number of amides is 1. The van der Waals surface area contributed by atoms with E-state index in [0.717, 1.165) is 35.4 Å². The molecule has 0 aromatic heterocycles. The van der Waals surface area contributed by atoms with Crippen molar-refractivity contribution in [3.05, 3.63) is 28.2 Å². The van der Waals surface area contributed by atoms with Gasteiger partial charge in [-0.1, -0.05) is 15.9 Å². The van der Waals surface area contributed by atoms with Crippen LogP contribution in [0.25, 0.3) is 0 Å². The number of ether oxygens (including phenoxy) is 1. The first-order valence-electron chi connectivity index (χ1n) is 6.44. The Bertz CT molecular complexity index is 470. The third-order valence-corrected chi connectivity index (χ3v) is 3.90. The fourth-order valence-electron chi connectivity index (χ4n) is 2.36. The zero-order valence-corrected chi connectivity index (χ0v) is 14.1. The summed E-state index contributed by atoms with van der Waals surface area (Å²) in [4.78, 5) is 14.3. The molecule has 0 radical (unpaired) electrons. The van der Waals surface area contributed by atoms with Gasteiger partial charge >= 0.3 is 0 Å². The summed E-state index contributed by atoms with van der Waals surface area (Å²) in [6.07, 6.45) is 0.382. The molecule has 112 valence electrons. The molecule has 0 aliphatic carbocycles. The highest BCUT2D eigenvalue weighted by Crippen LogP contribution is 2.24. The van der Waals surface area contributed by atoms with Crippen LogP contribution in [0.4, 0.5) is 0 Å². The Morgan fingerprint density at radius 1 is 1.55 bits per heavy atom. The molecule has 0 bridgehead atoms. The van der Waals surface area contributed by atoms with Crippen LogP contribution in [0.3, 0.4) is 0 Å². The molecule has 1 aromatic carbocycles. The number of nitrogens with zero attached hydrogens (tertiary/aromatic N) is 1. The Balaban J connectivity index is 0.00000200. The minimum atomic E-state index is 0. The Morgan fingerprint density at radius 2 is 2.30 bits per heavy atom. The number of piperazine rings is 1. The van der Waals surface area contributed by atoms with Crippen molar-refractivity contribution >= 4 is 34.2 Å². The molecule has 1 aliphatic heterocycles. The van der Waals surface area contributed by atoms with Crippen molar-refractivity contribution < 1.29 is 9.53 Å². The van der Waals surface area contributed by atoms with Gasteiger partial charge in [0.1, 0.15) is 5.75 Å². The first kappa shape index (κ1) is 17.3. The second-order valence-corrected chi connectivity index (χ2v) is 5.69. The molecule has 1 atom stereocenters. The Hall–Kier alpha value is -0.780. The molecule has 4 nitrogen and oxygen atoms in total. The van der Waals surface area contributed by atoms with Gasteiger partial charge in [-0.15, -0.1) is 12.4 Å². The van der Waals surface area contributed by atoms with Crippen molar-refractivity contribution in [2.75, 3.05) is 26.7 Å². The monoisotopic (exact) mass is 362 g/mol. The fourth-order valence-corrected chi connectivity index (χ4v) is 2.77. The smallest absolute Gasteiger partial charge is 0.227 e. The zero-order valence-electron chi connectivity index (χ0n) is 11.7. The predicted molar refractivity (Wildman–Crippen MR) is 85.7 cm³/mol. The van der Waals surface area contributed by atoms with Gasteiger partial charge in [-0.25, -0.2) is 0 Å². The third-order valence-electron chi connectivity index (χ3n) is 3.41. The van der Waals surface area contributed by atoms with E-state index in [4.69, 9.17) is 4.74 Å². The largest absolute Gasteiger partial charge is 0.496 e. The highest BCUT2D eigenvalue weighted by Gasteiger charge is 2.23. The van der Waals surface area contributed by atoms with Crippen LogP contribution in [0.15, 0.2) is 22.7 Å². The van der Waals surface area contributed by atoms with E-state index in [0.29, 0.717) is 6.42 Å². The number of carbonyl (C=O) groups excluding carboxylic acids is 1. The number of hydrogen-bond donors (Lipinski definition) is 1. The Kier molecular flexibility index (Phi) is 6.79. The molecule has 1 aliphatic rings. The maximum atomic E-state index is 12.4. The molecule has 1 saturated heterocycles. The lowest BCUT2D eigenvalue weighted by molar-refractivity contribution is -0.133. The average Bonchev–Trinajstić information content (AvgIpc) is 2.39. The number of nitrogens with one attached hydrogen (secondary N) is 1. The standard InChI is InChI=1S/C14H19BrN2O2.ClH/c1-10-9-16-5-6-17(10)14(18)8-11-7-12(15)3-4-13(11)19-2;/h3-4,7,10,16H,5-6,8-9H2,1-2H3;1H/t10-;/m0./s1. The van der Waals surface area contributed by atoms with Gasteiger partial charge in [0.05, 0.1) is 13.5 Å². The van der Waals surface area contributed by atoms with Crippen molar-refractivity contribution in [1.82, 2.24) is 10.2 Å². The number of benzene rings is 1. The first-order chi connectivity index (χ1) is 9.11. The van der Waals surface area contributed by atoms with Crippen molar-refractivity contribution in [1.29, 1.82) is 0 Å².